The molecule has 0 radical (unpaired) electrons. The highest BCUT2D eigenvalue weighted by Crippen LogP contribution is 2.11. The summed E-state index contributed by atoms with van der Waals surface area (Å²) in [5, 5.41) is 2.94. The van der Waals surface area contributed by atoms with Crippen molar-refractivity contribution < 1.29 is 9.21 Å². The molecule has 1 atom stereocenters. The van der Waals surface area contributed by atoms with Gasteiger partial charge in [0.1, 0.15) is 11.5 Å². The number of carbonyl (C=O) groups excluding carboxylic acids is 1. The number of carbonyl (C=O) groups is 1. The van der Waals surface area contributed by atoms with E-state index in [2.05, 4.69) is 17.1 Å². The van der Waals surface area contributed by atoms with E-state index in [9.17, 15) is 4.79 Å². The predicted molar refractivity (Wildman–Crippen MR) is 80.4 cm³/mol. The Hall–Kier alpha value is -1.55. The summed E-state index contributed by atoms with van der Waals surface area (Å²) >= 11 is 0. The van der Waals surface area contributed by atoms with E-state index in [1.807, 2.05) is 19.1 Å². The van der Waals surface area contributed by atoms with E-state index in [1.54, 1.807) is 6.08 Å². The van der Waals surface area contributed by atoms with Crippen LogP contribution in [0, 0.1) is 0 Å². The quantitative estimate of drug-likeness (QED) is 0.812. The van der Waals surface area contributed by atoms with Crippen molar-refractivity contribution in [2.75, 3.05) is 19.6 Å². The summed E-state index contributed by atoms with van der Waals surface area (Å²) in [4.78, 5) is 14.2. The van der Waals surface area contributed by atoms with Gasteiger partial charge in [0.05, 0.1) is 0 Å². The molecule has 2 rings (SSSR count). The number of aryl methyl sites for hydroxylation is 1. The third kappa shape index (κ3) is 4.23. The lowest BCUT2D eigenvalue weighted by molar-refractivity contribution is -0.116. The Bertz CT molecular complexity index is 459. The Labute approximate surface area is 120 Å². The van der Waals surface area contributed by atoms with Crippen LogP contribution >= 0.6 is 0 Å². The van der Waals surface area contributed by atoms with Gasteiger partial charge >= 0.3 is 0 Å². The van der Waals surface area contributed by atoms with Gasteiger partial charge in [-0.1, -0.05) is 6.92 Å². The highest BCUT2D eigenvalue weighted by molar-refractivity contribution is 5.91. The van der Waals surface area contributed by atoms with Gasteiger partial charge in [-0.2, -0.15) is 0 Å². The summed E-state index contributed by atoms with van der Waals surface area (Å²) < 4.78 is 5.52. The fourth-order valence-corrected chi connectivity index (χ4v) is 2.45. The second kappa shape index (κ2) is 7.29. The van der Waals surface area contributed by atoms with Crippen LogP contribution in [0.2, 0.25) is 0 Å². The maximum Gasteiger partial charge on any atom is 0.244 e. The molecule has 0 bridgehead atoms. The standard InChI is InChI=1S/C16H24N2O2/c1-3-14-6-7-15(20-14)8-9-16(19)17-12-13(2)18-10-4-5-11-18/h6-9,13H,3-5,10-12H2,1-2H3,(H,17,19)/b9-8+. The third-order valence-electron chi connectivity index (χ3n) is 3.77. The van der Waals surface area contributed by atoms with Crippen molar-refractivity contribution in [3.63, 3.8) is 0 Å². The molecular formula is C16H24N2O2. The number of furan rings is 1. The van der Waals surface area contributed by atoms with E-state index >= 15 is 0 Å². The first-order valence-corrected chi connectivity index (χ1v) is 7.47. The number of amides is 1. The van der Waals surface area contributed by atoms with Crippen LogP contribution < -0.4 is 5.32 Å². The van der Waals surface area contributed by atoms with Crippen molar-refractivity contribution in [2.24, 2.45) is 0 Å². The fourth-order valence-electron chi connectivity index (χ4n) is 2.45. The van der Waals surface area contributed by atoms with Gasteiger partial charge in [0.25, 0.3) is 0 Å². The van der Waals surface area contributed by atoms with Crippen LogP contribution in [-0.2, 0) is 11.2 Å². The SMILES string of the molecule is CCc1ccc(/C=C/C(=O)NCC(C)N2CCCC2)o1. The molecule has 1 amide bonds. The minimum Gasteiger partial charge on any atom is -0.462 e. The second-order valence-electron chi connectivity index (χ2n) is 5.33. The fraction of sp³-hybridized carbons (Fsp3) is 0.562. The molecule has 1 fully saturated rings. The number of nitrogens with one attached hydrogen (secondary N) is 1. The maximum atomic E-state index is 11.8. The number of rotatable bonds is 6. The van der Waals surface area contributed by atoms with Crippen molar-refractivity contribution in [3.05, 3.63) is 29.7 Å². The molecule has 20 heavy (non-hydrogen) atoms. The van der Waals surface area contributed by atoms with Gasteiger partial charge in [-0.05, 0) is 51.1 Å². The topological polar surface area (TPSA) is 45.5 Å². The number of hydrogen-bond donors (Lipinski definition) is 1. The number of nitrogens with zero attached hydrogens (tertiary/aromatic N) is 1. The Kier molecular flexibility index (Phi) is 5.41. The first-order chi connectivity index (χ1) is 9.69. The zero-order valence-corrected chi connectivity index (χ0v) is 12.4. The van der Waals surface area contributed by atoms with Crippen LogP contribution in [-0.4, -0.2) is 36.5 Å². The third-order valence-corrected chi connectivity index (χ3v) is 3.77. The normalized spacial score (nSPS) is 17.7. The van der Waals surface area contributed by atoms with Crippen LogP contribution in [0.25, 0.3) is 6.08 Å². The van der Waals surface area contributed by atoms with Crippen molar-refractivity contribution in [1.29, 1.82) is 0 Å². The molecule has 1 N–H and O–H groups in total. The molecule has 1 saturated heterocycles. The highest BCUT2D eigenvalue weighted by atomic mass is 16.3. The molecule has 110 valence electrons. The maximum absolute atomic E-state index is 11.8. The predicted octanol–water partition coefficient (Wildman–Crippen LogP) is 2.46. The summed E-state index contributed by atoms with van der Waals surface area (Å²) in [6.07, 6.45) is 6.67. The van der Waals surface area contributed by atoms with Gasteiger partial charge in [-0.25, -0.2) is 0 Å². The lowest BCUT2D eigenvalue weighted by Gasteiger charge is -2.23. The molecule has 1 aromatic heterocycles. The van der Waals surface area contributed by atoms with Crippen LogP contribution in [0.4, 0.5) is 0 Å². The molecule has 0 saturated carbocycles. The van der Waals surface area contributed by atoms with Crippen molar-refractivity contribution in [2.45, 2.75) is 39.2 Å². The molecule has 1 aliphatic rings. The monoisotopic (exact) mass is 276 g/mol. The lowest BCUT2D eigenvalue weighted by atomic mass is 10.3. The first kappa shape index (κ1) is 14.9. The molecule has 1 aliphatic heterocycles. The van der Waals surface area contributed by atoms with Crippen LogP contribution in [0.1, 0.15) is 38.2 Å². The number of likely N-dealkylation sites (tertiary alicyclic amines) is 1. The average Bonchev–Trinajstić information content (AvgIpc) is 3.13. The van der Waals surface area contributed by atoms with Crippen molar-refractivity contribution >= 4 is 12.0 Å². The molecule has 4 nitrogen and oxygen atoms in total. The Morgan fingerprint density at radius 2 is 2.20 bits per heavy atom. The van der Waals surface area contributed by atoms with E-state index in [-0.39, 0.29) is 5.91 Å². The minimum atomic E-state index is -0.0644. The van der Waals surface area contributed by atoms with Gasteiger partial charge in [-0.3, -0.25) is 9.69 Å². The van der Waals surface area contributed by atoms with E-state index in [0.717, 1.165) is 31.0 Å². The first-order valence-electron chi connectivity index (χ1n) is 7.47. The van der Waals surface area contributed by atoms with Crippen molar-refractivity contribution in [1.82, 2.24) is 10.2 Å². The van der Waals surface area contributed by atoms with Gasteiger partial charge in [0.2, 0.25) is 5.91 Å². The van der Waals surface area contributed by atoms with E-state index in [1.165, 1.54) is 18.9 Å². The van der Waals surface area contributed by atoms with Gasteiger partial charge < -0.3 is 9.73 Å². The zero-order chi connectivity index (χ0) is 14.4. The number of hydrogen-bond acceptors (Lipinski definition) is 3. The summed E-state index contributed by atoms with van der Waals surface area (Å²) in [6, 6.07) is 4.23. The smallest absolute Gasteiger partial charge is 0.244 e. The highest BCUT2D eigenvalue weighted by Gasteiger charge is 2.17. The molecule has 1 unspecified atom stereocenters. The van der Waals surface area contributed by atoms with Crippen LogP contribution in [0.15, 0.2) is 22.6 Å². The second-order valence-corrected chi connectivity index (χ2v) is 5.33. The molecular weight excluding hydrogens is 252 g/mol. The molecule has 1 aromatic rings. The minimum absolute atomic E-state index is 0.0644. The largest absolute Gasteiger partial charge is 0.462 e. The zero-order valence-electron chi connectivity index (χ0n) is 12.4. The van der Waals surface area contributed by atoms with E-state index in [4.69, 9.17) is 4.42 Å². The molecule has 2 heterocycles. The summed E-state index contributed by atoms with van der Waals surface area (Å²) in [5.41, 5.74) is 0. The van der Waals surface area contributed by atoms with Gasteiger partial charge in [0, 0.05) is 25.1 Å². The molecule has 0 aliphatic carbocycles. The Morgan fingerprint density at radius 3 is 2.85 bits per heavy atom. The molecule has 0 spiro atoms. The lowest BCUT2D eigenvalue weighted by Crippen LogP contribution is -2.40. The van der Waals surface area contributed by atoms with Gasteiger partial charge in [-0.15, -0.1) is 0 Å². The van der Waals surface area contributed by atoms with E-state index in [0.29, 0.717) is 12.6 Å². The van der Waals surface area contributed by atoms with Crippen LogP contribution in [0.5, 0.6) is 0 Å². The van der Waals surface area contributed by atoms with Crippen molar-refractivity contribution in [3.8, 4) is 0 Å². The molecule has 0 aromatic carbocycles. The van der Waals surface area contributed by atoms with Gasteiger partial charge in [0.15, 0.2) is 0 Å². The summed E-state index contributed by atoms with van der Waals surface area (Å²) in [6.45, 7) is 7.20. The summed E-state index contributed by atoms with van der Waals surface area (Å²) in [5.74, 6) is 1.60. The Balaban J connectivity index is 1.74. The van der Waals surface area contributed by atoms with Crippen LogP contribution in [0.3, 0.4) is 0 Å². The Morgan fingerprint density at radius 1 is 1.45 bits per heavy atom. The average molecular weight is 276 g/mol. The molecule has 4 heteroatoms. The van der Waals surface area contributed by atoms with E-state index < -0.39 is 0 Å². The summed E-state index contributed by atoms with van der Waals surface area (Å²) in [7, 11) is 0.